The summed E-state index contributed by atoms with van der Waals surface area (Å²) in [5, 5.41) is 0. The number of hydrogen-bond acceptors (Lipinski definition) is 3. The van der Waals surface area contributed by atoms with Crippen LogP contribution in [0, 0.1) is 12.8 Å². The number of hydrogen-bond donors (Lipinski definition) is 0. The zero-order valence-electron chi connectivity index (χ0n) is 15.2. The average molecular weight is 333 g/mol. The summed E-state index contributed by atoms with van der Waals surface area (Å²) < 4.78 is 5.58. The second-order valence-corrected chi connectivity index (χ2v) is 6.53. The first-order chi connectivity index (χ1) is 12.0. The molecule has 0 aliphatic rings. The molecule has 0 bridgehead atoms. The van der Waals surface area contributed by atoms with Crippen molar-refractivity contribution in [1.29, 1.82) is 0 Å². The van der Waals surface area contributed by atoms with E-state index in [0.717, 1.165) is 40.0 Å². The molecule has 3 aromatic rings. The first-order valence-electron chi connectivity index (χ1n) is 8.70. The van der Waals surface area contributed by atoms with Gasteiger partial charge in [0.2, 0.25) is 0 Å². The molecule has 0 unspecified atom stereocenters. The van der Waals surface area contributed by atoms with E-state index in [9.17, 15) is 4.79 Å². The average Bonchev–Trinajstić information content (AvgIpc) is 3.06. The maximum absolute atomic E-state index is 12.8. The molecule has 3 heteroatoms. The highest BCUT2D eigenvalue weighted by Crippen LogP contribution is 2.31. The number of carbonyl (C=O) groups excluding carboxylic acids is 1. The van der Waals surface area contributed by atoms with Crippen molar-refractivity contribution in [3.63, 3.8) is 0 Å². The summed E-state index contributed by atoms with van der Waals surface area (Å²) in [6.07, 6.45) is 2.58. The van der Waals surface area contributed by atoms with Crippen molar-refractivity contribution in [2.45, 2.75) is 34.1 Å². The van der Waals surface area contributed by atoms with Gasteiger partial charge in [-0.2, -0.15) is 0 Å². The van der Waals surface area contributed by atoms with Gasteiger partial charge in [-0.3, -0.25) is 4.79 Å². The molecule has 0 aliphatic carbocycles. The van der Waals surface area contributed by atoms with Crippen molar-refractivity contribution in [2.24, 2.45) is 5.92 Å². The minimum atomic E-state index is -0.0251. The number of rotatable bonds is 5. The minimum absolute atomic E-state index is 0.0251. The van der Waals surface area contributed by atoms with Gasteiger partial charge in [-0.15, -0.1) is 0 Å². The topological polar surface area (TPSA) is 43.1 Å². The number of nitrogens with zero attached hydrogens (tertiary/aromatic N) is 1. The predicted molar refractivity (Wildman–Crippen MR) is 101 cm³/mol. The third kappa shape index (κ3) is 3.41. The van der Waals surface area contributed by atoms with Gasteiger partial charge < -0.3 is 4.42 Å². The Labute approximate surface area is 148 Å². The molecular formula is C22H23NO2. The molecule has 1 aromatic heterocycles. The SMILES string of the molecule is CCc1cccc(-c2ccc(-c3cnc(C)o3)cc2)c1C(=O)C(C)C. The maximum atomic E-state index is 12.8. The van der Waals surface area contributed by atoms with Gasteiger partial charge in [0, 0.05) is 24.0 Å². The summed E-state index contributed by atoms with van der Waals surface area (Å²) in [6.45, 7) is 7.82. The molecule has 25 heavy (non-hydrogen) atoms. The summed E-state index contributed by atoms with van der Waals surface area (Å²) in [5.41, 5.74) is 4.97. The zero-order chi connectivity index (χ0) is 18.0. The Balaban J connectivity index is 2.06. The number of ketones is 1. The second kappa shape index (κ2) is 7.06. The van der Waals surface area contributed by atoms with Crippen LogP contribution in [-0.4, -0.2) is 10.8 Å². The Bertz CT molecular complexity index is 889. The van der Waals surface area contributed by atoms with E-state index in [1.54, 1.807) is 6.20 Å². The quantitative estimate of drug-likeness (QED) is 0.561. The van der Waals surface area contributed by atoms with Gasteiger partial charge in [0.15, 0.2) is 17.4 Å². The van der Waals surface area contributed by atoms with Crippen LogP contribution in [0.3, 0.4) is 0 Å². The Morgan fingerprint density at radius 2 is 1.76 bits per heavy atom. The van der Waals surface area contributed by atoms with Gasteiger partial charge in [0.25, 0.3) is 0 Å². The van der Waals surface area contributed by atoms with Gasteiger partial charge >= 0.3 is 0 Å². The smallest absolute Gasteiger partial charge is 0.191 e. The molecule has 0 radical (unpaired) electrons. The van der Waals surface area contributed by atoms with E-state index < -0.39 is 0 Å². The van der Waals surface area contributed by atoms with E-state index in [1.807, 2.05) is 63.2 Å². The van der Waals surface area contributed by atoms with Crippen LogP contribution < -0.4 is 0 Å². The molecule has 3 nitrogen and oxygen atoms in total. The number of aryl methyl sites for hydroxylation is 2. The molecule has 0 fully saturated rings. The lowest BCUT2D eigenvalue weighted by molar-refractivity contribution is 0.0939. The molecule has 0 amide bonds. The minimum Gasteiger partial charge on any atom is -0.441 e. The molecule has 0 spiro atoms. The van der Waals surface area contributed by atoms with Gasteiger partial charge in [-0.25, -0.2) is 4.98 Å². The fraction of sp³-hybridized carbons (Fsp3) is 0.273. The van der Waals surface area contributed by atoms with E-state index in [4.69, 9.17) is 4.42 Å². The first kappa shape index (κ1) is 17.2. The summed E-state index contributed by atoms with van der Waals surface area (Å²) >= 11 is 0. The summed E-state index contributed by atoms with van der Waals surface area (Å²) in [7, 11) is 0. The number of carbonyl (C=O) groups is 1. The van der Waals surface area contributed by atoms with Crippen LogP contribution in [0.4, 0.5) is 0 Å². The first-order valence-corrected chi connectivity index (χ1v) is 8.70. The Kier molecular flexibility index (Phi) is 4.84. The Hall–Kier alpha value is -2.68. The molecule has 2 aromatic carbocycles. The molecule has 0 saturated heterocycles. The van der Waals surface area contributed by atoms with Crippen molar-refractivity contribution in [2.75, 3.05) is 0 Å². The van der Waals surface area contributed by atoms with Crippen molar-refractivity contribution in [3.8, 4) is 22.5 Å². The molecule has 0 atom stereocenters. The second-order valence-electron chi connectivity index (χ2n) is 6.53. The van der Waals surface area contributed by atoms with Gasteiger partial charge in [-0.05, 0) is 23.1 Å². The number of benzene rings is 2. The fourth-order valence-electron chi connectivity index (χ4n) is 3.02. The van der Waals surface area contributed by atoms with Crippen molar-refractivity contribution in [3.05, 3.63) is 65.7 Å². The van der Waals surface area contributed by atoms with Crippen LogP contribution in [0.15, 0.2) is 53.1 Å². The highest BCUT2D eigenvalue weighted by molar-refractivity contribution is 6.04. The van der Waals surface area contributed by atoms with Crippen molar-refractivity contribution in [1.82, 2.24) is 4.98 Å². The van der Waals surface area contributed by atoms with Crippen molar-refractivity contribution >= 4 is 5.78 Å². The lowest BCUT2D eigenvalue weighted by Crippen LogP contribution is -2.12. The molecular weight excluding hydrogens is 310 g/mol. The standard InChI is InChI=1S/C22H23NO2/c1-5-16-7-6-8-19(21(16)22(24)14(2)3)17-9-11-18(12-10-17)20-13-23-15(4)25-20/h6-14H,5H2,1-4H3. The van der Waals surface area contributed by atoms with Crippen LogP contribution in [0.25, 0.3) is 22.5 Å². The predicted octanol–water partition coefficient (Wildman–Crippen LogP) is 5.72. The molecule has 0 aliphatic heterocycles. The lowest BCUT2D eigenvalue weighted by atomic mass is 9.88. The summed E-state index contributed by atoms with van der Waals surface area (Å²) in [6, 6.07) is 14.2. The van der Waals surface area contributed by atoms with Crippen LogP contribution in [0.1, 0.15) is 42.6 Å². The third-order valence-corrected chi connectivity index (χ3v) is 4.40. The van der Waals surface area contributed by atoms with Crippen LogP contribution in [-0.2, 0) is 6.42 Å². The van der Waals surface area contributed by atoms with Crippen LogP contribution in [0.5, 0.6) is 0 Å². The third-order valence-electron chi connectivity index (χ3n) is 4.40. The van der Waals surface area contributed by atoms with E-state index in [0.29, 0.717) is 5.89 Å². The summed E-state index contributed by atoms with van der Waals surface area (Å²) in [5.74, 6) is 1.58. The van der Waals surface area contributed by atoms with Crippen LogP contribution in [0.2, 0.25) is 0 Å². The van der Waals surface area contributed by atoms with Crippen LogP contribution >= 0.6 is 0 Å². The van der Waals surface area contributed by atoms with Gasteiger partial charge in [0.05, 0.1) is 6.20 Å². The monoisotopic (exact) mass is 333 g/mol. The normalized spacial score (nSPS) is 11.1. The van der Waals surface area contributed by atoms with E-state index in [-0.39, 0.29) is 11.7 Å². The highest BCUT2D eigenvalue weighted by Gasteiger charge is 2.19. The van der Waals surface area contributed by atoms with Crippen molar-refractivity contribution < 1.29 is 9.21 Å². The Morgan fingerprint density at radius 3 is 2.32 bits per heavy atom. The largest absolute Gasteiger partial charge is 0.441 e. The molecule has 0 N–H and O–H groups in total. The fourth-order valence-corrected chi connectivity index (χ4v) is 3.02. The lowest BCUT2D eigenvalue weighted by Gasteiger charge is -2.15. The zero-order valence-corrected chi connectivity index (χ0v) is 15.2. The van der Waals surface area contributed by atoms with E-state index in [1.165, 1.54) is 0 Å². The summed E-state index contributed by atoms with van der Waals surface area (Å²) in [4.78, 5) is 16.9. The number of oxazole rings is 1. The maximum Gasteiger partial charge on any atom is 0.191 e. The van der Waals surface area contributed by atoms with E-state index in [2.05, 4.69) is 11.9 Å². The van der Waals surface area contributed by atoms with Gasteiger partial charge in [0.1, 0.15) is 0 Å². The molecule has 128 valence electrons. The molecule has 1 heterocycles. The van der Waals surface area contributed by atoms with Gasteiger partial charge in [-0.1, -0.05) is 63.2 Å². The highest BCUT2D eigenvalue weighted by atomic mass is 16.4. The number of aromatic nitrogens is 1. The number of Topliss-reactive ketones (excluding diaryl/α,β-unsaturated/α-hetero) is 1. The molecule has 3 rings (SSSR count). The van der Waals surface area contributed by atoms with E-state index >= 15 is 0 Å². The Morgan fingerprint density at radius 1 is 1.08 bits per heavy atom. The molecule has 0 saturated carbocycles.